The van der Waals surface area contributed by atoms with E-state index < -0.39 is 5.97 Å². The maximum absolute atomic E-state index is 11.1. The molecule has 0 aliphatic rings. The van der Waals surface area contributed by atoms with Gasteiger partial charge in [-0.2, -0.15) is 0 Å². The van der Waals surface area contributed by atoms with Crippen molar-refractivity contribution in [2.75, 3.05) is 0 Å². The Bertz CT molecular complexity index is 1100. The van der Waals surface area contributed by atoms with Gasteiger partial charge in [0.2, 0.25) is 0 Å². The summed E-state index contributed by atoms with van der Waals surface area (Å²) in [6.07, 6.45) is 5.42. The monoisotopic (exact) mass is 370 g/mol. The van der Waals surface area contributed by atoms with E-state index in [9.17, 15) is 4.79 Å². The second kappa shape index (κ2) is 7.44. The number of carbonyl (C=O) groups is 1. The molecular formula is C22H18N4O2. The predicted octanol–water partition coefficient (Wildman–Crippen LogP) is 3.98. The molecule has 2 heterocycles. The molecule has 0 saturated carbocycles. The highest BCUT2D eigenvalue weighted by molar-refractivity contribution is 5.88. The molecule has 0 aliphatic carbocycles. The van der Waals surface area contributed by atoms with Crippen LogP contribution in [0.2, 0.25) is 0 Å². The Labute approximate surface area is 162 Å². The van der Waals surface area contributed by atoms with Crippen molar-refractivity contribution in [1.29, 1.82) is 0 Å². The van der Waals surface area contributed by atoms with Crippen LogP contribution in [-0.2, 0) is 0 Å². The standard InChI is InChI=1S/C22H18N4O2/c1-15-4-2-3-5-19(15)21(17-10-12-23-13-11-17)26-14-20(24-25-26)16-6-8-18(9-7-16)22(27)28/h2-14,21H,1H3,(H,27,28). The molecule has 4 rings (SSSR count). The van der Waals surface area contributed by atoms with E-state index in [1.807, 2.05) is 35.1 Å². The van der Waals surface area contributed by atoms with Crippen LogP contribution in [0.4, 0.5) is 0 Å². The molecule has 6 heteroatoms. The molecular weight excluding hydrogens is 352 g/mol. The first kappa shape index (κ1) is 17.6. The number of aryl methyl sites for hydroxylation is 1. The third-order valence-corrected chi connectivity index (χ3v) is 4.71. The zero-order chi connectivity index (χ0) is 19.5. The Kier molecular flexibility index (Phi) is 4.68. The molecule has 6 nitrogen and oxygen atoms in total. The van der Waals surface area contributed by atoms with Crippen molar-refractivity contribution < 1.29 is 9.90 Å². The summed E-state index contributed by atoms with van der Waals surface area (Å²) in [5, 5.41) is 17.8. The molecule has 0 amide bonds. The van der Waals surface area contributed by atoms with Gasteiger partial charge in [0.05, 0.1) is 11.8 Å². The van der Waals surface area contributed by atoms with Gasteiger partial charge in [-0.05, 0) is 47.9 Å². The van der Waals surface area contributed by atoms with Gasteiger partial charge in [-0.3, -0.25) is 4.98 Å². The molecule has 0 radical (unpaired) electrons. The van der Waals surface area contributed by atoms with E-state index in [1.165, 1.54) is 0 Å². The predicted molar refractivity (Wildman–Crippen MR) is 105 cm³/mol. The zero-order valence-corrected chi connectivity index (χ0v) is 15.2. The third-order valence-electron chi connectivity index (χ3n) is 4.71. The largest absolute Gasteiger partial charge is 0.478 e. The SMILES string of the molecule is Cc1ccccc1C(c1ccncc1)n1cc(-c2ccc(C(=O)O)cc2)nn1. The summed E-state index contributed by atoms with van der Waals surface area (Å²) < 4.78 is 1.83. The summed E-state index contributed by atoms with van der Waals surface area (Å²) >= 11 is 0. The van der Waals surface area contributed by atoms with E-state index >= 15 is 0 Å². The first-order chi connectivity index (χ1) is 13.6. The smallest absolute Gasteiger partial charge is 0.335 e. The van der Waals surface area contributed by atoms with Crippen LogP contribution in [-0.4, -0.2) is 31.1 Å². The van der Waals surface area contributed by atoms with Gasteiger partial charge in [0.25, 0.3) is 0 Å². The maximum atomic E-state index is 11.1. The van der Waals surface area contributed by atoms with Crippen molar-refractivity contribution in [3.05, 3.63) is 102 Å². The Morgan fingerprint density at radius 1 is 1.00 bits per heavy atom. The van der Waals surface area contributed by atoms with E-state index in [-0.39, 0.29) is 11.6 Å². The van der Waals surface area contributed by atoms with Crippen molar-refractivity contribution in [3.63, 3.8) is 0 Å². The molecule has 1 atom stereocenters. The molecule has 0 saturated heterocycles. The number of aromatic nitrogens is 4. The van der Waals surface area contributed by atoms with Crippen LogP contribution in [0.1, 0.15) is 33.1 Å². The minimum Gasteiger partial charge on any atom is -0.478 e. The molecule has 4 aromatic rings. The molecule has 0 fully saturated rings. The average molecular weight is 370 g/mol. The topological polar surface area (TPSA) is 80.9 Å². The number of aromatic carboxylic acids is 1. The summed E-state index contributed by atoms with van der Waals surface area (Å²) in [4.78, 5) is 15.2. The van der Waals surface area contributed by atoms with Gasteiger partial charge in [-0.1, -0.05) is 41.6 Å². The Hall–Kier alpha value is -3.80. The zero-order valence-electron chi connectivity index (χ0n) is 15.2. The summed E-state index contributed by atoms with van der Waals surface area (Å²) in [6, 6.07) is 18.6. The highest BCUT2D eigenvalue weighted by Gasteiger charge is 2.20. The lowest BCUT2D eigenvalue weighted by Gasteiger charge is -2.19. The van der Waals surface area contributed by atoms with Gasteiger partial charge >= 0.3 is 5.97 Å². The van der Waals surface area contributed by atoms with Crippen LogP contribution < -0.4 is 0 Å². The minimum atomic E-state index is -0.951. The second-order valence-corrected chi connectivity index (χ2v) is 6.51. The first-order valence-corrected chi connectivity index (χ1v) is 8.84. The lowest BCUT2D eigenvalue weighted by molar-refractivity contribution is 0.0697. The maximum Gasteiger partial charge on any atom is 0.335 e. The van der Waals surface area contributed by atoms with E-state index in [4.69, 9.17) is 5.11 Å². The second-order valence-electron chi connectivity index (χ2n) is 6.51. The minimum absolute atomic E-state index is 0.135. The number of carboxylic acid groups (broad SMARTS) is 1. The molecule has 0 aliphatic heterocycles. The Balaban J connectivity index is 1.76. The van der Waals surface area contributed by atoms with Crippen LogP contribution in [0.15, 0.2) is 79.3 Å². The van der Waals surface area contributed by atoms with E-state index in [0.29, 0.717) is 5.69 Å². The normalized spacial score (nSPS) is 11.9. The fourth-order valence-corrected chi connectivity index (χ4v) is 3.23. The molecule has 0 bridgehead atoms. The number of hydrogen-bond donors (Lipinski definition) is 1. The van der Waals surface area contributed by atoms with Gasteiger partial charge in [0.15, 0.2) is 0 Å². The van der Waals surface area contributed by atoms with Gasteiger partial charge in [-0.25, -0.2) is 9.48 Å². The van der Waals surface area contributed by atoms with Gasteiger partial charge in [0.1, 0.15) is 11.7 Å². The van der Waals surface area contributed by atoms with Crippen LogP contribution in [0.25, 0.3) is 11.3 Å². The van der Waals surface area contributed by atoms with E-state index in [0.717, 1.165) is 22.3 Å². The highest BCUT2D eigenvalue weighted by Crippen LogP contribution is 2.29. The van der Waals surface area contributed by atoms with Crippen molar-refractivity contribution in [3.8, 4) is 11.3 Å². The fraction of sp³-hybridized carbons (Fsp3) is 0.0909. The van der Waals surface area contributed by atoms with Crippen molar-refractivity contribution >= 4 is 5.97 Å². The molecule has 1 N–H and O–H groups in total. The molecule has 2 aromatic carbocycles. The number of rotatable bonds is 5. The number of pyridine rings is 1. The lowest BCUT2D eigenvalue weighted by Crippen LogP contribution is -2.14. The Morgan fingerprint density at radius 2 is 1.71 bits per heavy atom. The summed E-state index contributed by atoms with van der Waals surface area (Å²) in [7, 11) is 0. The molecule has 28 heavy (non-hydrogen) atoms. The molecule has 0 spiro atoms. The molecule has 1 unspecified atom stereocenters. The summed E-state index contributed by atoms with van der Waals surface area (Å²) in [6.45, 7) is 2.08. The third kappa shape index (κ3) is 3.40. The van der Waals surface area contributed by atoms with Crippen LogP contribution in [0.5, 0.6) is 0 Å². The van der Waals surface area contributed by atoms with Crippen LogP contribution in [0, 0.1) is 6.92 Å². The fourth-order valence-electron chi connectivity index (χ4n) is 3.23. The van der Waals surface area contributed by atoms with Gasteiger partial charge in [-0.15, -0.1) is 5.10 Å². The quantitative estimate of drug-likeness (QED) is 0.575. The van der Waals surface area contributed by atoms with Gasteiger partial charge in [0, 0.05) is 18.0 Å². The van der Waals surface area contributed by atoms with Crippen molar-refractivity contribution in [2.24, 2.45) is 0 Å². The van der Waals surface area contributed by atoms with Crippen LogP contribution >= 0.6 is 0 Å². The van der Waals surface area contributed by atoms with E-state index in [1.54, 1.807) is 36.7 Å². The van der Waals surface area contributed by atoms with E-state index in [2.05, 4.69) is 34.4 Å². The Morgan fingerprint density at radius 3 is 2.39 bits per heavy atom. The highest BCUT2D eigenvalue weighted by atomic mass is 16.4. The van der Waals surface area contributed by atoms with Crippen LogP contribution in [0.3, 0.4) is 0 Å². The van der Waals surface area contributed by atoms with Gasteiger partial charge < -0.3 is 5.11 Å². The first-order valence-electron chi connectivity index (χ1n) is 8.84. The molecule has 2 aromatic heterocycles. The summed E-state index contributed by atoms with van der Waals surface area (Å²) in [5.74, 6) is -0.951. The average Bonchev–Trinajstić information content (AvgIpc) is 3.20. The number of nitrogens with zero attached hydrogens (tertiary/aromatic N) is 4. The van der Waals surface area contributed by atoms with Crippen molar-refractivity contribution in [2.45, 2.75) is 13.0 Å². The molecule has 138 valence electrons. The lowest BCUT2D eigenvalue weighted by atomic mass is 9.96. The number of carboxylic acids is 1. The van der Waals surface area contributed by atoms with Crippen molar-refractivity contribution in [1.82, 2.24) is 20.0 Å². The number of hydrogen-bond acceptors (Lipinski definition) is 4. The number of benzene rings is 2. The summed E-state index contributed by atoms with van der Waals surface area (Å²) in [5.41, 5.74) is 5.09.